The Kier molecular flexibility index (Phi) is 22.8. The van der Waals surface area contributed by atoms with Gasteiger partial charge >= 0.3 is 0 Å². The van der Waals surface area contributed by atoms with E-state index in [-0.39, 0.29) is 36.6 Å². The number of sulfone groups is 1. The van der Waals surface area contributed by atoms with E-state index in [1.165, 1.54) is 11.1 Å². The van der Waals surface area contributed by atoms with Crippen LogP contribution in [0, 0.1) is 11.8 Å². The van der Waals surface area contributed by atoms with Gasteiger partial charge in [0.1, 0.15) is 0 Å². The summed E-state index contributed by atoms with van der Waals surface area (Å²) in [6.45, 7) is 20.4. The van der Waals surface area contributed by atoms with Crippen LogP contribution in [-0.4, -0.2) is 102 Å². The maximum absolute atomic E-state index is 11.9. The number of hydrogen-bond acceptors (Lipinski definition) is 9. The van der Waals surface area contributed by atoms with Gasteiger partial charge in [-0.05, 0) is 74.1 Å². The summed E-state index contributed by atoms with van der Waals surface area (Å²) in [7, 11) is 0.126. The van der Waals surface area contributed by atoms with Gasteiger partial charge in [0.2, 0.25) is 0 Å². The molecule has 1 aromatic rings. The van der Waals surface area contributed by atoms with Crippen molar-refractivity contribution in [2.75, 3.05) is 53.0 Å². The Hall–Kier alpha value is -2.15. The molecule has 3 aliphatic rings. The van der Waals surface area contributed by atoms with Gasteiger partial charge in [-0.1, -0.05) is 63.4 Å². The lowest BCUT2D eigenvalue weighted by atomic mass is 9.87. The molecule has 0 aliphatic carbocycles. The van der Waals surface area contributed by atoms with E-state index in [4.69, 9.17) is 29.2 Å². The molecule has 274 valence electrons. The minimum atomic E-state index is -3.12. The fraction of sp³-hybridized carbons (Fsp3) is 0.632. The molecule has 9 nitrogen and oxygen atoms in total. The van der Waals surface area contributed by atoms with Crippen molar-refractivity contribution in [1.82, 2.24) is 0 Å². The summed E-state index contributed by atoms with van der Waals surface area (Å²) in [6, 6.07) is 8.60. The molecular weight excluding hydrogens is 632 g/mol. The van der Waals surface area contributed by atoms with Crippen LogP contribution in [0.2, 0.25) is 0 Å². The fourth-order valence-electron chi connectivity index (χ4n) is 5.34. The van der Waals surface area contributed by atoms with Gasteiger partial charge < -0.3 is 33.9 Å². The quantitative estimate of drug-likeness (QED) is 0.186. The fourth-order valence-corrected chi connectivity index (χ4v) is 6.98. The van der Waals surface area contributed by atoms with Crippen LogP contribution in [0.25, 0.3) is 0 Å². The van der Waals surface area contributed by atoms with Crippen molar-refractivity contribution < 1.29 is 42.3 Å². The van der Waals surface area contributed by atoms with Crippen LogP contribution in [0.15, 0.2) is 84.3 Å². The molecule has 3 aliphatic heterocycles. The van der Waals surface area contributed by atoms with Gasteiger partial charge in [0, 0.05) is 27.2 Å². The summed E-state index contributed by atoms with van der Waals surface area (Å²) >= 11 is 0. The number of ether oxygens (including phenoxy) is 5. The summed E-state index contributed by atoms with van der Waals surface area (Å²) in [5.74, 6) is 0.907. The second kappa shape index (κ2) is 24.9. The number of methoxy groups -OCH3 is 1. The number of benzene rings is 1. The largest absolute Gasteiger partial charge is 0.394 e. The smallest absolute Gasteiger partial charge is 0.178 e. The highest BCUT2D eigenvalue weighted by atomic mass is 32.2. The molecular formula is C38H62O9S. The van der Waals surface area contributed by atoms with E-state index in [0.29, 0.717) is 49.8 Å². The lowest BCUT2D eigenvalue weighted by molar-refractivity contribution is -0.0352. The van der Waals surface area contributed by atoms with E-state index >= 15 is 0 Å². The SMILES string of the molecule is C=CCOC/C=C/C1CC(=C)[C@H](CCC2CC(C)C(=C)C(C)O2)O1.CCC(O)CO.COC.O=S(=O)(CC1CCOC1)c1ccccc1. The predicted octanol–water partition coefficient (Wildman–Crippen LogP) is 6.12. The van der Waals surface area contributed by atoms with E-state index in [0.717, 1.165) is 32.1 Å². The highest BCUT2D eigenvalue weighted by Gasteiger charge is 2.31. The summed E-state index contributed by atoms with van der Waals surface area (Å²) in [6.07, 6.45) is 11.5. The lowest BCUT2D eigenvalue weighted by Gasteiger charge is -2.34. The first-order valence-corrected chi connectivity index (χ1v) is 18.6. The van der Waals surface area contributed by atoms with Crippen molar-refractivity contribution in [3.05, 3.63) is 79.4 Å². The lowest BCUT2D eigenvalue weighted by Crippen LogP contribution is -2.32. The maximum atomic E-state index is 11.9. The van der Waals surface area contributed by atoms with E-state index in [1.807, 2.05) is 19.1 Å². The number of aliphatic hydroxyl groups is 2. The third-order valence-corrected chi connectivity index (χ3v) is 10.1. The summed E-state index contributed by atoms with van der Waals surface area (Å²) in [4.78, 5) is 0.414. The standard InChI is InChI=1S/C21H32O3.C11H14O3S.C4H10O2.C2H6O/c1-6-11-22-12-7-8-19-14-16(3)21(24-19)10-9-20-13-15(2)17(4)18(5)23-20;12-15(13,9-10-6-7-14-8-10)11-4-2-1-3-5-11;1-2-4(6)3-5;1-3-2/h6-8,15,18-21H,1,3-4,9-14H2,2,5H3;1-5,10H,6-9H2;4-6H,2-3H2,1H3;1-2H3/b8-7+;;;/t15?,18?,19?,20?,21-;;;/m0.../s1. The van der Waals surface area contributed by atoms with Crippen molar-refractivity contribution in [3.63, 3.8) is 0 Å². The Balaban J connectivity index is 0.000000406. The number of aliphatic hydroxyl groups excluding tert-OH is 2. The van der Waals surface area contributed by atoms with Crippen LogP contribution in [0.5, 0.6) is 0 Å². The number of rotatable bonds is 13. The second-order valence-electron chi connectivity index (χ2n) is 12.4. The van der Waals surface area contributed by atoms with Gasteiger partial charge in [0.15, 0.2) is 9.84 Å². The monoisotopic (exact) mass is 694 g/mol. The molecule has 0 saturated carbocycles. The van der Waals surface area contributed by atoms with Gasteiger partial charge in [-0.3, -0.25) is 0 Å². The highest BCUT2D eigenvalue weighted by molar-refractivity contribution is 7.91. The zero-order valence-corrected chi connectivity index (χ0v) is 30.7. The Bertz CT molecular complexity index is 1140. The molecule has 6 unspecified atom stereocenters. The minimum Gasteiger partial charge on any atom is -0.394 e. The first kappa shape index (κ1) is 43.9. The van der Waals surface area contributed by atoms with E-state index < -0.39 is 15.9 Å². The molecule has 0 radical (unpaired) electrons. The first-order valence-electron chi connectivity index (χ1n) is 17.0. The molecule has 4 rings (SSSR count). The third-order valence-electron chi connectivity index (χ3n) is 8.24. The Morgan fingerprint density at radius 1 is 1.08 bits per heavy atom. The molecule has 3 saturated heterocycles. The van der Waals surface area contributed by atoms with Crippen LogP contribution in [-0.2, 0) is 33.5 Å². The van der Waals surface area contributed by atoms with Crippen LogP contribution in [0.1, 0.15) is 59.3 Å². The maximum Gasteiger partial charge on any atom is 0.178 e. The molecule has 0 amide bonds. The van der Waals surface area contributed by atoms with Crippen molar-refractivity contribution in [2.45, 2.75) is 94.7 Å². The summed E-state index contributed by atoms with van der Waals surface area (Å²) in [5.41, 5.74) is 2.41. The van der Waals surface area contributed by atoms with Crippen LogP contribution >= 0.6 is 0 Å². The van der Waals surface area contributed by atoms with E-state index in [1.54, 1.807) is 44.6 Å². The van der Waals surface area contributed by atoms with E-state index in [2.05, 4.69) is 44.4 Å². The summed E-state index contributed by atoms with van der Waals surface area (Å²) in [5, 5.41) is 16.5. The van der Waals surface area contributed by atoms with Crippen molar-refractivity contribution in [3.8, 4) is 0 Å². The topological polar surface area (TPSA) is 121 Å². The summed E-state index contributed by atoms with van der Waals surface area (Å²) < 4.78 is 50.8. The predicted molar refractivity (Wildman–Crippen MR) is 193 cm³/mol. The average Bonchev–Trinajstić information content (AvgIpc) is 3.71. The second-order valence-corrected chi connectivity index (χ2v) is 14.5. The first-order chi connectivity index (χ1) is 22.9. The molecule has 3 heterocycles. The van der Waals surface area contributed by atoms with E-state index in [9.17, 15) is 8.42 Å². The average molecular weight is 695 g/mol. The van der Waals surface area contributed by atoms with Crippen LogP contribution in [0.4, 0.5) is 0 Å². The molecule has 0 bridgehead atoms. The Morgan fingerprint density at radius 3 is 2.31 bits per heavy atom. The van der Waals surface area contributed by atoms with Crippen LogP contribution in [0.3, 0.4) is 0 Å². The van der Waals surface area contributed by atoms with Gasteiger partial charge in [0.25, 0.3) is 0 Å². The Labute approximate surface area is 290 Å². The van der Waals surface area contributed by atoms with Crippen molar-refractivity contribution in [1.29, 1.82) is 0 Å². The molecule has 10 heteroatoms. The van der Waals surface area contributed by atoms with Gasteiger partial charge in [-0.25, -0.2) is 8.42 Å². The Morgan fingerprint density at radius 2 is 1.77 bits per heavy atom. The van der Waals surface area contributed by atoms with Gasteiger partial charge in [-0.2, -0.15) is 0 Å². The van der Waals surface area contributed by atoms with Gasteiger partial charge in [0.05, 0.1) is 67.6 Å². The zero-order chi connectivity index (χ0) is 36.0. The zero-order valence-electron chi connectivity index (χ0n) is 29.9. The van der Waals surface area contributed by atoms with Gasteiger partial charge in [-0.15, -0.1) is 6.58 Å². The molecule has 0 aromatic heterocycles. The normalized spacial score (nSPS) is 26.1. The van der Waals surface area contributed by atoms with Crippen molar-refractivity contribution in [2.24, 2.45) is 11.8 Å². The van der Waals surface area contributed by atoms with Crippen molar-refractivity contribution >= 4 is 9.84 Å². The molecule has 7 atom stereocenters. The third kappa shape index (κ3) is 17.5. The highest BCUT2D eigenvalue weighted by Crippen LogP contribution is 2.33. The molecule has 1 aromatic carbocycles. The molecule has 48 heavy (non-hydrogen) atoms. The van der Waals surface area contributed by atoms with Crippen LogP contribution < -0.4 is 0 Å². The molecule has 2 N–H and O–H groups in total. The molecule has 3 fully saturated rings. The number of hydrogen-bond donors (Lipinski definition) is 2. The minimum absolute atomic E-state index is 0.115. The molecule has 0 spiro atoms.